The molecule has 0 aliphatic carbocycles. The fourth-order valence-electron chi connectivity index (χ4n) is 4.50. The Kier molecular flexibility index (Phi) is 3.20. The van der Waals surface area contributed by atoms with Crippen LogP contribution in [0.1, 0.15) is 27.2 Å². The van der Waals surface area contributed by atoms with E-state index in [0.717, 1.165) is 28.2 Å². The summed E-state index contributed by atoms with van der Waals surface area (Å²) in [6.07, 6.45) is 1.73. The Morgan fingerprint density at radius 1 is 0.897 bits per heavy atom. The van der Waals surface area contributed by atoms with Crippen molar-refractivity contribution in [2.24, 2.45) is 0 Å². The maximum Gasteiger partial charge on any atom is 0.258 e. The third kappa shape index (κ3) is 2.08. The predicted octanol–water partition coefficient (Wildman–Crippen LogP) is 3.55. The van der Waals surface area contributed by atoms with E-state index in [4.69, 9.17) is 0 Å². The second-order valence-corrected chi connectivity index (χ2v) is 7.29. The Hall–Kier alpha value is -3.93. The van der Waals surface area contributed by atoms with Crippen molar-refractivity contribution >= 4 is 11.6 Å². The van der Waals surface area contributed by atoms with E-state index in [1.54, 1.807) is 6.20 Å². The van der Waals surface area contributed by atoms with Gasteiger partial charge in [-0.3, -0.25) is 4.79 Å². The van der Waals surface area contributed by atoms with E-state index in [1.165, 1.54) is 0 Å². The molecule has 6 rings (SSSR count). The van der Waals surface area contributed by atoms with Crippen molar-refractivity contribution in [3.63, 3.8) is 0 Å². The second-order valence-electron chi connectivity index (χ2n) is 7.29. The van der Waals surface area contributed by atoms with Crippen molar-refractivity contribution in [1.29, 1.82) is 0 Å². The average molecular weight is 379 g/mol. The molecule has 2 aliphatic rings. The van der Waals surface area contributed by atoms with Crippen LogP contribution in [0.2, 0.25) is 0 Å². The highest BCUT2D eigenvalue weighted by Gasteiger charge is 2.50. The van der Waals surface area contributed by atoms with Crippen LogP contribution < -0.4 is 5.32 Å². The molecule has 0 fully saturated rings. The van der Waals surface area contributed by atoms with Gasteiger partial charge in [0.2, 0.25) is 0 Å². The number of anilines is 1. The number of nitrogens with one attached hydrogen (secondary N) is 1. The topological polar surface area (TPSA) is 63.1 Å². The Labute approximate surface area is 167 Å². The molecule has 2 aliphatic heterocycles. The van der Waals surface area contributed by atoms with Gasteiger partial charge in [0, 0.05) is 16.8 Å². The van der Waals surface area contributed by atoms with Crippen LogP contribution in [0, 0.1) is 0 Å². The van der Waals surface area contributed by atoms with E-state index < -0.39 is 5.66 Å². The number of fused-ring (bicyclic) bond motifs is 6. The van der Waals surface area contributed by atoms with E-state index in [-0.39, 0.29) is 5.91 Å². The summed E-state index contributed by atoms with van der Waals surface area (Å²) in [4.78, 5) is 15.7. The molecular formula is C23H17N5O. The van der Waals surface area contributed by atoms with Gasteiger partial charge in [0.15, 0.2) is 5.66 Å². The summed E-state index contributed by atoms with van der Waals surface area (Å²) < 4.78 is 1.83. The lowest BCUT2D eigenvalue weighted by atomic mass is 9.85. The largest absolute Gasteiger partial charge is 0.354 e. The lowest BCUT2D eigenvalue weighted by Gasteiger charge is -2.48. The molecule has 0 bridgehead atoms. The van der Waals surface area contributed by atoms with E-state index in [2.05, 4.69) is 33.8 Å². The number of nitrogens with zero attached hydrogens (tertiary/aromatic N) is 4. The molecule has 3 aromatic carbocycles. The lowest BCUT2D eigenvalue weighted by Crippen LogP contribution is -2.57. The molecule has 6 heteroatoms. The molecule has 140 valence electrons. The number of aromatic nitrogens is 3. The van der Waals surface area contributed by atoms with Gasteiger partial charge in [-0.15, -0.1) is 5.10 Å². The first-order chi connectivity index (χ1) is 14.3. The molecule has 1 N–H and O–H groups in total. The molecule has 1 aromatic heterocycles. The molecule has 6 nitrogen and oxygen atoms in total. The number of para-hydroxylation sites is 2. The van der Waals surface area contributed by atoms with Crippen molar-refractivity contribution in [1.82, 2.24) is 19.9 Å². The second kappa shape index (κ2) is 5.78. The SMILES string of the molecule is O=C1c2ccccc2NC2(c3ccccc3)c3ccccc3-n3nncc3CN12. The molecule has 3 heterocycles. The Morgan fingerprint density at radius 3 is 2.55 bits per heavy atom. The number of hydrogen-bond donors (Lipinski definition) is 1. The van der Waals surface area contributed by atoms with Gasteiger partial charge in [-0.2, -0.15) is 0 Å². The zero-order valence-corrected chi connectivity index (χ0v) is 15.5. The molecule has 4 aromatic rings. The first kappa shape index (κ1) is 16.1. The van der Waals surface area contributed by atoms with Crippen LogP contribution >= 0.6 is 0 Å². The third-order valence-corrected chi connectivity index (χ3v) is 5.78. The Bertz CT molecular complexity index is 1250. The quantitative estimate of drug-likeness (QED) is 0.549. The van der Waals surface area contributed by atoms with Crippen LogP contribution in [-0.2, 0) is 12.2 Å². The van der Waals surface area contributed by atoms with Crippen LogP contribution in [0.5, 0.6) is 0 Å². The van der Waals surface area contributed by atoms with Gasteiger partial charge in [0.25, 0.3) is 5.91 Å². The van der Waals surface area contributed by atoms with Crippen molar-refractivity contribution in [3.8, 4) is 5.69 Å². The summed E-state index contributed by atoms with van der Waals surface area (Å²) in [5.74, 6) is -0.0207. The summed E-state index contributed by atoms with van der Waals surface area (Å²) >= 11 is 0. The lowest BCUT2D eigenvalue weighted by molar-refractivity contribution is 0.0554. The highest BCUT2D eigenvalue weighted by molar-refractivity contribution is 6.03. The van der Waals surface area contributed by atoms with Gasteiger partial charge in [0.05, 0.1) is 29.7 Å². The van der Waals surface area contributed by atoms with Crippen LogP contribution in [0.15, 0.2) is 85.1 Å². The van der Waals surface area contributed by atoms with Crippen molar-refractivity contribution < 1.29 is 4.79 Å². The highest BCUT2D eigenvalue weighted by Crippen LogP contribution is 2.46. The normalized spacial score (nSPS) is 19.3. The maximum absolute atomic E-state index is 13.8. The number of hydrogen-bond acceptors (Lipinski definition) is 4. The van der Waals surface area contributed by atoms with Crippen LogP contribution in [-0.4, -0.2) is 25.8 Å². The Balaban J connectivity index is 1.74. The van der Waals surface area contributed by atoms with Gasteiger partial charge in [0.1, 0.15) is 0 Å². The van der Waals surface area contributed by atoms with Crippen LogP contribution in [0.4, 0.5) is 5.69 Å². The zero-order chi connectivity index (χ0) is 19.4. The fraction of sp³-hybridized carbons (Fsp3) is 0.0870. The van der Waals surface area contributed by atoms with Gasteiger partial charge in [-0.05, 0) is 18.2 Å². The smallest absolute Gasteiger partial charge is 0.258 e. The molecular weight excluding hydrogens is 362 g/mol. The standard InChI is InChI=1S/C23H17N5O/c29-22-18-10-4-6-12-20(18)25-23(16-8-2-1-3-9-16)19-11-5-7-13-21(19)28-17(14-24-26-28)15-27(22)23/h1-14,25H,15H2. The molecule has 0 saturated carbocycles. The minimum atomic E-state index is -0.857. The predicted molar refractivity (Wildman–Crippen MR) is 109 cm³/mol. The van der Waals surface area contributed by atoms with E-state index in [1.807, 2.05) is 70.2 Å². The summed E-state index contributed by atoms with van der Waals surface area (Å²) in [6, 6.07) is 25.8. The number of rotatable bonds is 1. The van der Waals surface area contributed by atoms with Crippen molar-refractivity contribution in [2.45, 2.75) is 12.2 Å². The first-order valence-corrected chi connectivity index (χ1v) is 9.53. The van der Waals surface area contributed by atoms with E-state index >= 15 is 0 Å². The van der Waals surface area contributed by atoms with E-state index in [0.29, 0.717) is 12.1 Å². The molecule has 0 radical (unpaired) electrons. The molecule has 1 atom stereocenters. The highest BCUT2D eigenvalue weighted by atomic mass is 16.2. The minimum absolute atomic E-state index is 0.0207. The third-order valence-electron chi connectivity index (χ3n) is 5.78. The van der Waals surface area contributed by atoms with Gasteiger partial charge < -0.3 is 10.2 Å². The monoisotopic (exact) mass is 379 g/mol. The summed E-state index contributed by atoms with van der Waals surface area (Å²) in [5, 5.41) is 12.1. The number of benzene rings is 3. The molecule has 0 spiro atoms. The minimum Gasteiger partial charge on any atom is -0.354 e. The Morgan fingerprint density at radius 2 is 1.66 bits per heavy atom. The van der Waals surface area contributed by atoms with Crippen molar-refractivity contribution in [3.05, 3.63) is 107 Å². The fourth-order valence-corrected chi connectivity index (χ4v) is 4.50. The van der Waals surface area contributed by atoms with Crippen LogP contribution in [0.25, 0.3) is 5.69 Å². The maximum atomic E-state index is 13.8. The molecule has 1 amide bonds. The zero-order valence-electron chi connectivity index (χ0n) is 15.5. The molecule has 1 unspecified atom stereocenters. The van der Waals surface area contributed by atoms with E-state index in [9.17, 15) is 4.79 Å². The summed E-state index contributed by atoms with van der Waals surface area (Å²) in [5.41, 5.74) is 4.36. The van der Waals surface area contributed by atoms with Gasteiger partial charge in [-0.25, -0.2) is 4.68 Å². The number of amides is 1. The van der Waals surface area contributed by atoms with Crippen molar-refractivity contribution in [2.75, 3.05) is 5.32 Å². The van der Waals surface area contributed by atoms with Crippen LogP contribution in [0.3, 0.4) is 0 Å². The first-order valence-electron chi connectivity index (χ1n) is 9.53. The summed E-state index contributed by atoms with van der Waals surface area (Å²) in [6.45, 7) is 0.386. The number of carbonyl (C=O) groups excluding carboxylic acids is 1. The number of carbonyl (C=O) groups is 1. The van der Waals surface area contributed by atoms with Gasteiger partial charge >= 0.3 is 0 Å². The summed E-state index contributed by atoms with van der Waals surface area (Å²) in [7, 11) is 0. The molecule has 0 saturated heterocycles. The average Bonchev–Trinajstić information content (AvgIpc) is 3.20. The molecule has 29 heavy (non-hydrogen) atoms. The van der Waals surface area contributed by atoms with Gasteiger partial charge in [-0.1, -0.05) is 65.9 Å².